The van der Waals surface area contributed by atoms with E-state index >= 15 is 0 Å². The monoisotopic (exact) mass is 581 g/mol. The van der Waals surface area contributed by atoms with Crippen molar-refractivity contribution in [2.24, 2.45) is 23.2 Å². The first-order valence-corrected chi connectivity index (χ1v) is 14.5. The van der Waals surface area contributed by atoms with Gasteiger partial charge in [-0.3, -0.25) is 19.2 Å². The van der Waals surface area contributed by atoms with Crippen LogP contribution in [0.2, 0.25) is 0 Å². The molecule has 1 N–H and O–H groups in total. The Kier molecular flexibility index (Phi) is 11.5. The SMILES string of the molecule is CC(=O)O[C@H]1[C@H](O[C@@H]2[C@@H](C)C(=O)[C@@H](C)C(=O)O[C@H](C)[C@@](C)(O)/C=C(\C)C(=O)[C@H](C)CC2(C)C)O[C@H](C)C[C@@H]1N(C)C. The maximum atomic E-state index is 13.8. The van der Waals surface area contributed by atoms with Gasteiger partial charge in [-0.25, -0.2) is 0 Å². The molecule has 0 amide bonds. The van der Waals surface area contributed by atoms with Gasteiger partial charge in [-0.2, -0.15) is 0 Å². The van der Waals surface area contributed by atoms with Crippen molar-refractivity contribution < 1.29 is 43.2 Å². The normalized spacial score (nSPS) is 40.8. The van der Waals surface area contributed by atoms with E-state index < -0.39 is 71.1 Å². The Morgan fingerprint density at radius 3 is 2.20 bits per heavy atom. The minimum absolute atomic E-state index is 0.173. The number of hydrogen-bond donors (Lipinski definition) is 1. The third-order valence-electron chi connectivity index (χ3n) is 8.58. The fraction of sp³-hybridized carbons (Fsp3) is 0.806. The lowest BCUT2D eigenvalue weighted by Gasteiger charge is -2.47. The summed E-state index contributed by atoms with van der Waals surface area (Å²) in [7, 11) is 3.78. The fourth-order valence-electron chi connectivity index (χ4n) is 6.15. The molecule has 0 aromatic carbocycles. The van der Waals surface area contributed by atoms with Crippen molar-refractivity contribution in [1.82, 2.24) is 4.90 Å². The summed E-state index contributed by atoms with van der Waals surface area (Å²) in [6.07, 6.45) is -1.43. The van der Waals surface area contributed by atoms with Gasteiger partial charge in [0.05, 0.1) is 18.2 Å². The molecule has 10 nitrogen and oxygen atoms in total. The highest BCUT2D eigenvalue weighted by Gasteiger charge is 2.48. The predicted molar refractivity (Wildman–Crippen MR) is 153 cm³/mol. The maximum Gasteiger partial charge on any atom is 0.316 e. The van der Waals surface area contributed by atoms with Gasteiger partial charge in [-0.1, -0.05) is 27.7 Å². The van der Waals surface area contributed by atoms with E-state index in [9.17, 15) is 24.3 Å². The zero-order valence-electron chi connectivity index (χ0n) is 26.8. The van der Waals surface area contributed by atoms with Crippen LogP contribution in [0.3, 0.4) is 0 Å². The summed E-state index contributed by atoms with van der Waals surface area (Å²) >= 11 is 0. The van der Waals surface area contributed by atoms with Gasteiger partial charge in [0.2, 0.25) is 0 Å². The molecule has 10 atom stereocenters. The summed E-state index contributed by atoms with van der Waals surface area (Å²) in [6, 6.07) is -0.197. The highest BCUT2D eigenvalue weighted by atomic mass is 16.7. The van der Waals surface area contributed by atoms with Crippen molar-refractivity contribution in [1.29, 1.82) is 0 Å². The number of Topliss-reactive ketones (excluding diaryl/α,β-unsaturated/α-hetero) is 2. The number of carbonyl (C=O) groups is 4. The number of aliphatic hydroxyl groups is 1. The van der Waals surface area contributed by atoms with Crippen LogP contribution in [0.1, 0.15) is 82.1 Å². The Balaban J connectivity index is 2.61. The van der Waals surface area contributed by atoms with Gasteiger partial charge >= 0.3 is 11.9 Å². The molecular formula is C31H51NO9. The van der Waals surface area contributed by atoms with Crippen molar-refractivity contribution >= 4 is 23.5 Å². The molecule has 0 saturated carbocycles. The summed E-state index contributed by atoms with van der Waals surface area (Å²) in [6.45, 7) is 16.7. The van der Waals surface area contributed by atoms with E-state index in [1.54, 1.807) is 20.8 Å². The Hall–Kier alpha value is -2.14. The second-order valence-corrected chi connectivity index (χ2v) is 13.2. The highest BCUT2D eigenvalue weighted by Crippen LogP contribution is 2.40. The van der Waals surface area contributed by atoms with Gasteiger partial charge in [0.25, 0.3) is 0 Å². The lowest BCUT2D eigenvalue weighted by Crippen LogP contribution is -2.58. The summed E-state index contributed by atoms with van der Waals surface area (Å²) in [5.74, 6) is -4.27. The Labute approximate surface area is 245 Å². The quantitative estimate of drug-likeness (QED) is 0.389. The summed E-state index contributed by atoms with van der Waals surface area (Å²) in [5, 5.41) is 11.0. The topological polar surface area (TPSA) is 129 Å². The Morgan fingerprint density at radius 2 is 1.66 bits per heavy atom. The molecule has 0 bridgehead atoms. The average Bonchev–Trinajstić information content (AvgIpc) is 2.84. The molecular weight excluding hydrogens is 530 g/mol. The third kappa shape index (κ3) is 8.46. The molecule has 0 aliphatic carbocycles. The van der Waals surface area contributed by atoms with Crippen LogP contribution in [-0.4, -0.2) is 90.0 Å². The predicted octanol–water partition coefficient (Wildman–Crippen LogP) is 3.47. The van der Waals surface area contributed by atoms with Crippen molar-refractivity contribution in [2.45, 2.75) is 124 Å². The maximum absolute atomic E-state index is 13.8. The second kappa shape index (κ2) is 13.4. The van der Waals surface area contributed by atoms with Gasteiger partial charge in [-0.05, 0) is 78.6 Å². The lowest BCUT2D eigenvalue weighted by molar-refractivity contribution is -0.288. The number of nitrogens with zero attached hydrogens (tertiary/aromatic N) is 1. The first kappa shape index (κ1) is 35.1. The molecule has 0 spiro atoms. The molecule has 10 heteroatoms. The molecule has 41 heavy (non-hydrogen) atoms. The Morgan fingerprint density at radius 1 is 1.07 bits per heavy atom. The first-order valence-electron chi connectivity index (χ1n) is 14.5. The number of carbonyl (C=O) groups excluding carboxylic acids is 4. The zero-order chi connectivity index (χ0) is 31.6. The van der Waals surface area contributed by atoms with Crippen LogP contribution in [0.15, 0.2) is 11.6 Å². The van der Waals surface area contributed by atoms with Crippen LogP contribution in [0, 0.1) is 23.2 Å². The van der Waals surface area contributed by atoms with E-state index in [0.717, 1.165) is 0 Å². The van der Waals surface area contributed by atoms with Crippen molar-refractivity contribution in [2.75, 3.05) is 14.1 Å². The minimum Gasteiger partial charge on any atom is -0.459 e. The lowest BCUT2D eigenvalue weighted by atomic mass is 9.71. The van der Waals surface area contributed by atoms with E-state index in [2.05, 4.69) is 0 Å². The Bertz CT molecular complexity index is 1020. The number of hydrogen-bond acceptors (Lipinski definition) is 10. The molecule has 0 aromatic heterocycles. The molecule has 2 aliphatic rings. The van der Waals surface area contributed by atoms with Crippen LogP contribution in [0.4, 0.5) is 0 Å². The average molecular weight is 582 g/mol. The van der Waals surface area contributed by atoms with E-state index in [4.69, 9.17) is 18.9 Å². The highest BCUT2D eigenvalue weighted by molar-refractivity contribution is 6.00. The fourth-order valence-corrected chi connectivity index (χ4v) is 6.15. The molecule has 2 rings (SSSR count). The molecule has 0 aromatic rings. The van der Waals surface area contributed by atoms with E-state index in [1.807, 2.05) is 39.8 Å². The van der Waals surface area contributed by atoms with Crippen molar-refractivity contribution in [3.8, 4) is 0 Å². The van der Waals surface area contributed by atoms with Crippen LogP contribution in [0.5, 0.6) is 0 Å². The minimum atomic E-state index is -1.61. The number of esters is 2. The van der Waals surface area contributed by atoms with Gasteiger partial charge in [0.1, 0.15) is 17.6 Å². The molecule has 0 radical (unpaired) electrons. The zero-order valence-corrected chi connectivity index (χ0v) is 26.8. The summed E-state index contributed by atoms with van der Waals surface area (Å²) in [4.78, 5) is 54.3. The van der Waals surface area contributed by atoms with Crippen LogP contribution in [-0.2, 0) is 38.1 Å². The van der Waals surface area contributed by atoms with Gasteiger partial charge in [0.15, 0.2) is 24.0 Å². The number of ketones is 2. The van der Waals surface area contributed by atoms with E-state index in [-0.39, 0.29) is 17.9 Å². The molecule has 234 valence electrons. The number of rotatable bonds is 4. The largest absolute Gasteiger partial charge is 0.459 e. The smallest absolute Gasteiger partial charge is 0.316 e. The molecule has 0 unspecified atom stereocenters. The number of ether oxygens (including phenoxy) is 4. The number of cyclic esters (lactones) is 1. The second-order valence-electron chi connectivity index (χ2n) is 13.2. The molecule has 2 heterocycles. The third-order valence-corrected chi connectivity index (χ3v) is 8.58. The van der Waals surface area contributed by atoms with E-state index in [0.29, 0.717) is 18.4 Å². The van der Waals surface area contributed by atoms with Crippen molar-refractivity contribution in [3.63, 3.8) is 0 Å². The summed E-state index contributed by atoms with van der Waals surface area (Å²) < 4.78 is 24.0. The number of allylic oxidation sites excluding steroid dienone is 1. The molecule has 1 saturated heterocycles. The van der Waals surface area contributed by atoms with Crippen molar-refractivity contribution in [3.05, 3.63) is 11.6 Å². The molecule has 1 fully saturated rings. The van der Waals surface area contributed by atoms with Crippen LogP contribution in [0.25, 0.3) is 0 Å². The summed E-state index contributed by atoms with van der Waals surface area (Å²) in [5.41, 5.74) is -2.04. The van der Waals surface area contributed by atoms with E-state index in [1.165, 1.54) is 33.8 Å². The standard InChI is InChI=1S/C31H51NO9/c1-16-14-30(8,9)27(41-29-26(40-22(7)33)23(32(11)12)13-18(3)38-29)19(4)25(35)20(5)28(36)39-21(6)31(10,37)15-17(2)24(16)34/h15-16,18-21,23,26-27,29,37H,13-14H2,1-12H3/b17-15+/t16-,18-,19+,20-,21-,23+,26-,27-,29+,31+/m1/s1. The first-order chi connectivity index (χ1) is 18.7. The molecule has 2 aliphatic heterocycles. The van der Waals surface area contributed by atoms with Crippen LogP contribution >= 0.6 is 0 Å². The van der Waals surface area contributed by atoms with Gasteiger partial charge < -0.3 is 29.0 Å². The van der Waals surface area contributed by atoms with Gasteiger partial charge in [-0.15, -0.1) is 0 Å². The van der Waals surface area contributed by atoms with Gasteiger partial charge in [0, 0.05) is 18.8 Å². The number of likely N-dealkylation sites (N-methyl/N-ethyl adjacent to an activating group) is 1. The van der Waals surface area contributed by atoms with Crippen LogP contribution < -0.4 is 0 Å².